The van der Waals surface area contributed by atoms with Gasteiger partial charge in [0.2, 0.25) is 0 Å². The van der Waals surface area contributed by atoms with Gasteiger partial charge in [-0.1, -0.05) is 0 Å². The lowest BCUT2D eigenvalue weighted by Gasteiger charge is -2.21. The summed E-state index contributed by atoms with van der Waals surface area (Å²) in [6.07, 6.45) is 3.63. The third-order valence-corrected chi connectivity index (χ3v) is 3.02. The summed E-state index contributed by atoms with van der Waals surface area (Å²) >= 11 is 0. The number of hydrogen-bond donors (Lipinski definition) is 0. The number of esters is 1. The zero-order chi connectivity index (χ0) is 13.0. The molecule has 1 fully saturated rings. The van der Waals surface area contributed by atoms with Crippen molar-refractivity contribution >= 4 is 5.97 Å². The molecule has 1 saturated heterocycles. The molecule has 1 aliphatic heterocycles. The van der Waals surface area contributed by atoms with E-state index in [9.17, 15) is 4.79 Å². The summed E-state index contributed by atoms with van der Waals surface area (Å²) in [6.45, 7) is 5.42. The van der Waals surface area contributed by atoms with Gasteiger partial charge >= 0.3 is 5.97 Å². The smallest absolute Gasteiger partial charge is 0.341 e. The Balaban J connectivity index is 2.16. The van der Waals surface area contributed by atoms with Crippen LogP contribution in [0.2, 0.25) is 0 Å². The molecule has 5 nitrogen and oxygen atoms in total. The van der Waals surface area contributed by atoms with Crippen LogP contribution in [0.4, 0.5) is 0 Å². The van der Waals surface area contributed by atoms with Gasteiger partial charge in [0.1, 0.15) is 5.82 Å². The summed E-state index contributed by atoms with van der Waals surface area (Å²) in [4.78, 5) is 20.3. The quantitative estimate of drug-likeness (QED) is 0.766. The van der Waals surface area contributed by atoms with E-state index in [2.05, 4.69) is 9.97 Å². The molecular formula is C13H18N2O3. The van der Waals surface area contributed by atoms with E-state index in [-0.39, 0.29) is 11.9 Å². The molecule has 0 spiro atoms. The molecule has 1 aromatic heterocycles. The molecule has 1 atom stereocenters. The largest absolute Gasteiger partial charge is 0.462 e. The normalized spacial score (nSPS) is 19.6. The molecule has 0 aliphatic carbocycles. The molecule has 2 heterocycles. The van der Waals surface area contributed by atoms with E-state index in [1.165, 1.54) is 0 Å². The van der Waals surface area contributed by atoms with Crippen molar-refractivity contribution in [1.29, 1.82) is 0 Å². The Kier molecular flexibility index (Phi) is 4.25. The highest BCUT2D eigenvalue weighted by Gasteiger charge is 2.20. The zero-order valence-electron chi connectivity index (χ0n) is 10.8. The first kappa shape index (κ1) is 13.0. The molecule has 0 amide bonds. The molecule has 0 bridgehead atoms. The van der Waals surface area contributed by atoms with Gasteiger partial charge in [0.15, 0.2) is 0 Å². The first-order valence-corrected chi connectivity index (χ1v) is 6.30. The number of aromatic nitrogens is 2. The van der Waals surface area contributed by atoms with Crippen LogP contribution in [0.25, 0.3) is 0 Å². The number of ether oxygens (including phenoxy) is 2. The maximum Gasteiger partial charge on any atom is 0.341 e. The molecule has 0 aromatic carbocycles. The van der Waals surface area contributed by atoms with Crippen LogP contribution >= 0.6 is 0 Å². The van der Waals surface area contributed by atoms with Crippen LogP contribution in [-0.4, -0.2) is 35.8 Å². The fourth-order valence-electron chi connectivity index (χ4n) is 2.04. The molecule has 5 heteroatoms. The Hall–Kier alpha value is -1.49. The van der Waals surface area contributed by atoms with Gasteiger partial charge in [0.25, 0.3) is 0 Å². The topological polar surface area (TPSA) is 61.3 Å². The van der Waals surface area contributed by atoms with Crippen molar-refractivity contribution in [2.75, 3.05) is 19.8 Å². The van der Waals surface area contributed by atoms with Crippen LogP contribution in [0.1, 0.15) is 47.6 Å². The Labute approximate surface area is 107 Å². The van der Waals surface area contributed by atoms with E-state index >= 15 is 0 Å². The predicted molar refractivity (Wildman–Crippen MR) is 65.5 cm³/mol. The summed E-state index contributed by atoms with van der Waals surface area (Å²) in [5.74, 6) is 0.649. The summed E-state index contributed by atoms with van der Waals surface area (Å²) in [5.41, 5.74) is 1.11. The lowest BCUT2D eigenvalue weighted by atomic mass is 10.0. The standard InChI is InChI=1S/C13H18N2O3/c1-3-18-13(16)11-7-14-12(15-9(11)2)10-5-4-6-17-8-10/h7,10H,3-6,8H2,1-2H3. The third-order valence-electron chi connectivity index (χ3n) is 3.02. The van der Waals surface area contributed by atoms with E-state index in [0.29, 0.717) is 24.5 Å². The fraction of sp³-hybridized carbons (Fsp3) is 0.615. The second-order valence-corrected chi connectivity index (χ2v) is 4.36. The molecule has 18 heavy (non-hydrogen) atoms. The molecule has 0 radical (unpaired) electrons. The highest BCUT2D eigenvalue weighted by molar-refractivity contribution is 5.90. The van der Waals surface area contributed by atoms with E-state index in [4.69, 9.17) is 9.47 Å². The zero-order valence-corrected chi connectivity index (χ0v) is 10.8. The highest BCUT2D eigenvalue weighted by Crippen LogP contribution is 2.23. The van der Waals surface area contributed by atoms with Crippen molar-refractivity contribution in [3.8, 4) is 0 Å². The number of aryl methyl sites for hydroxylation is 1. The van der Waals surface area contributed by atoms with Crippen molar-refractivity contribution in [2.24, 2.45) is 0 Å². The average molecular weight is 250 g/mol. The van der Waals surface area contributed by atoms with Gasteiger partial charge in [0, 0.05) is 18.7 Å². The number of carbonyl (C=O) groups excluding carboxylic acids is 1. The summed E-state index contributed by atoms with van der Waals surface area (Å²) in [5, 5.41) is 0. The summed E-state index contributed by atoms with van der Waals surface area (Å²) < 4.78 is 10.4. The van der Waals surface area contributed by atoms with Crippen LogP contribution < -0.4 is 0 Å². The Bertz CT molecular complexity index is 428. The van der Waals surface area contributed by atoms with Gasteiger partial charge in [-0.05, 0) is 26.7 Å². The number of nitrogens with zero attached hydrogens (tertiary/aromatic N) is 2. The van der Waals surface area contributed by atoms with Crippen molar-refractivity contribution in [3.05, 3.63) is 23.3 Å². The predicted octanol–water partition coefficient (Wildman–Crippen LogP) is 1.86. The second-order valence-electron chi connectivity index (χ2n) is 4.36. The Morgan fingerprint density at radius 1 is 1.61 bits per heavy atom. The lowest BCUT2D eigenvalue weighted by molar-refractivity contribution is 0.0524. The van der Waals surface area contributed by atoms with Crippen molar-refractivity contribution in [2.45, 2.75) is 32.6 Å². The van der Waals surface area contributed by atoms with E-state index in [0.717, 1.165) is 25.3 Å². The highest BCUT2D eigenvalue weighted by atomic mass is 16.5. The average Bonchev–Trinajstić information content (AvgIpc) is 2.40. The second kappa shape index (κ2) is 5.91. The molecule has 2 rings (SSSR count). The maximum atomic E-state index is 11.6. The van der Waals surface area contributed by atoms with Crippen LogP contribution in [0.5, 0.6) is 0 Å². The molecule has 1 aromatic rings. The number of rotatable bonds is 3. The first-order chi connectivity index (χ1) is 8.72. The molecule has 0 saturated carbocycles. The minimum absolute atomic E-state index is 0.244. The molecule has 0 N–H and O–H groups in total. The van der Waals surface area contributed by atoms with E-state index < -0.39 is 0 Å². The maximum absolute atomic E-state index is 11.6. The Morgan fingerprint density at radius 3 is 3.06 bits per heavy atom. The van der Waals surface area contributed by atoms with Gasteiger partial charge in [-0.25, -0.2) is 14.8 Å². The van der Waals surface area contributed by atoms with Gasteiger partial charge in [-0.15, -0.1) is 0 Å². The third kappa shape index (κ3) is 2.85. The van der Waals surface area contributed by atoms with Crippen molar-refractivity contribution < 1.29 is 14.3 Å². The van der Waals surface area contributed by atoms with Crippen LogP contribution in [0.15, 0.2) is 6.20 Å². The minimum atomic E-state index is -0.360. The molecule has 1 aliphatic rings. The number of hydrogen-bond acceptors (Lipinski definition) is 5. The number of carbonyl (C=O) groups is 1. The van der Waals surface area contributed by atoms with Crippen LogP contribution in [0, 0.1) is 6.92 Å². The monoisotopic (exact) mass is 250 g/mol. The van der Waals surface area contributed by atoms with E-state index in [1.54, 1.807) is 20.0 Å². The van der Waals surface area contributed by atoms with Crippen LogP contribution in [0.3, 0.4) is 0 Å². The minimum Gasteiger partial charge on any atom is -0.462 e. The molecular weight excluding hydrogens is 232 g/mol. The summed E-state index contributed by atoms with van der Waals surface area (Å²) in [6, 6.07) is 0. The fourth-order valence-corrected chi connectivity index (χ4v) is 2.04. The van der Waals surface area contributed by atoms with Gasteiger partial charge in [-0.2, -0.15) is 0 Å². The summed E-state index contributed by atoms with van der Waals surface area (Å²) in [7, 11) is 0. The van der Waals surface area contributed by atoms with Crippen LogP contribution in [-0.2, 0) is 9.47 Å². The van der Waals surface area contributed by atoms with Crippen molar-refractivity contribution in [1.82, 2.24) is 9.97 Å². The first-order valence-electron chi connectivity index (χ1n) is 6.30. The molecule has 98 valence electrons. The lowest BCUT2D eigenvalue weighted by Crippen LogP contribution is -2.19. The van der Waals surface area contributed by atoms with E-state index in [1.807, 2.05) is 0 Å². The van der Waals surface area contributed by atoms with Gasteiger partial charge in [0.05, 0.1) is 24.5 Å². The van der Waals surface area contributed by atoms with Gasteiger partial charge in [-0.3, -0.25) is 0 Å². The SMILES string of the molecule is CCOC(=O)c1cnc(C2CCCOC2)nc1C. The Morgan fingerprint density at radius 2 is 2.44 bits per heavy atom. The van der Waals surface area contributed by atoms with Gasteiger partial charge < -0.3 is 9.47 Å². The molecule has 1 unspecified atom stereocenters. The van der Waals surface area contributed by atoms with Crippen molar-refractivity contribution in [3.63, 3.8) is 0 Å².